The van der Waals surface area contributed by atoms with Gasteiger partial charge in [0, 0.05) is 18.8 Å². The number of nitrogens with one attached hydrogen (secondary N) is 2. The number of allylic oxidation sites excluding steroid dienone is 1. The van der Waals surface area contributed by atoms with E-state index in [2.05, 4.69) is 16.7 Å². The van der Waals surface area contributed by atoms with Crippen molar-refractivity contribution in [2.24, 2.45) is 0 Å². The van der Waals surface area contributed by atoms with Gasteiger partial charge in [0.1, 0.15) is 6.10 Å². The van der Waals surface area contributed by atoms with Gasteiger partial charge in [-0.15, -0.1) is 0 Å². The van der Waals surface area contributed by atoms with Crippen LogP contribution in [0.2, 0.25) is 0 Å². The highest BCUT2D eigenvalue weighted by atomic mass is 16.5. The van der Waals surface area contributed by atoms with Crippen LogP contribution in [0.15, 0.2) is 35.3 Å². The SMILES string of the molecule is C1=CO[C@@H]2C3=CCC[C@@H]4NCC(=C34)CC[C@H]2N1. The predicted molar refractivity (Wildman–Crippen MR) is 66.3 cm³/mol. The smallest absolute Gasteiger partial charge is 0.143 e. The molecule has 0 unspecified atom stereocenters. The van der Waals surface area contributed by atoms with Gasteiger partial charge in [0.15, 0.2) is 0 Å². The Morgan fingerprint density at radius 2 is 2.29 bits per heavy atom. The molecule has 0 saturated heterocycles. The highest BCUT2D eigenvalue weighted by Crippen LogP contribution is 2.40. The van der Waals surface area contributed by atoms with Crippen LogP contribution in [0.3, 0.4) is 0 Å². The van der Waals surface area contributed by atoms with Crippen molar-refractivity contribution in [1.82, 2.24) is 10.6 Å². The predicted octanol–water partition coefficient (Wildman–Crippen LogP) is 1.60. The minimum Gasteiger partial charge on any atom is -0.490 e. The van der Waals surface area contributed by atoms with E-state index in [4.69, 9.17) is 4.74 Å². The molecular weight excluding hydrogens is 212 g/mol. The van der Waals surface area contributed by atoms with E-state index in [1.54, 1.807) is 17.4 Å². The van der Waals surface area contributed by atoms with E-state index >= 15 is 0 Å². The second-order valence-electron chi connectivity index (χ2n) is 5.36. The van der Waals surface area contributed by atoms with Gasteiger partial charge in [-0.2, -0.15) is 0 Å². The molecule has 2 aliphatic heterocycles. The Morgan fingerprint density at radius 1 is 1.29 bits per heavy atom. The maximum atomic E-state index is 5.88. The Bertz CT molecular complexity index is 436. The Hall–Kier alpha value is -1.22. The lowest BCUT2D eigenvalue weighted by Gasteiger charge is -2.34. The molecule has 4 aliphatic rings. The fraction of sp³-hybridized carbons (Fsp3) is 0.571. The Balaban J connectivity index is 1.79. The summed E-state index contributed by atoms with van der Waals surface area (Å²) in [7, 11) is 0. The van der Waals surface area contributed by atoms with Crippen molar-refractivity contribution in [3.8, 4) is 0 Å². The summed E-state index contributed by atoms with van der Waals surface area (Å²) in [5.74, 6) is 0. The summed E-state index contributed by atoms with van der Waals surface area (Å²) in [5, 5.41) is 7.10. The quantitative estimate of drug-likeness (QED) is 0.663. The van der Waals surface area contributed by atoms with E-state index in [1.807, 2.05) is 6.20 Å². The van der Waals surface area contributed by atoms with Gasteiger partial charge in [0.25, 0.3) is 0 Å². The first-order valence-electron chi connectivity index (χ1n) is 6.66. The number of rotatable bonds is 0. The molecule has 0 spiro atoms. The molecule has 2 aliphatic carbocycles. The molecule has 0 aromatic rings. The lowest BCUT2D eigenvalue weighted by Crippen LogP contribution is -2.43. The molecule has 3 nitrogen and oxygen atoms in total. The highest BCUT2D eigenvalue weighted by Gasteiger charge is 2.39. The summed E-state index contributed by atoms with van der Waals surface area (Å²) >= 11 is 0. The van der Waals surface area contributed by atoms with Crippen LogP contribution < -0.4 is 10.6 Å². The zero-order valence-corrected chi connectivity index (χ0v) is 9.91. The standard InChI is InChI=1S/C14H18N2O/c1-2-10-13-9(8-16-11(13)3-1)4-5-12-14(10)17-7-6-15-12/h2,6-7,11-12,14-16H,1,3-5,8H2/t11-,12+,14+/m0/s1. The van der Waals surface area contributed by atoms with Crippen LogP contribution in [0.5, 0.6) is 0 Å². The lowest BCUT2D eigenvalue weighted by molar-refractivity contribution is 0.120. The van der Waals surface area contributed by atoms with Crippen LogP contribution in [0.25, 0.3) is 0 Å². The monoisotopic (exact) mass is 230 g/mol. The van der Waals surface area contributed by atoms with Crippen molar-refractivity contribution in [3.05, 3.63) is 35.3 Å². The Labute approximate surface area is 102 Å². The molecule has 0 fully saturated rings. The minimum atomic E-state index is 0.232. The molecule has 90 valence electrons. The molecule has 3 atom stereocenters. The molecule has 0 aromatic heterocycles. The topological polar surface area (TPSA) is 33.3 Å². The third-order valence-electron chi connectivity index (χ3n) is 4.45. The second kappa shape index (κ2) is 3.64. The number of hydrogen-bond acceptors (Lipinski definition) is 3. The van der Waals surface area contributed by atoms with Gasteiger partial charge < -0.3 is 15.4 Å². The molecule has 0 saturated carbocycles. The van der Waals surface area contributed by atoms with Gasteiger partial charge in [0.05, 0.1) is 12.3 Å². The summed E-state index contributed by atoms with van der Waals surface area (Å²) < 4.78 is 5.88. The molecule has 2 N–H and O–H groups in total. The summed E-state index contributed by atoms with van der Waals surface area (Å²) in [6.45, 7) is 1.09. The van der Waals surface area contributed by atoms with Crippen LogP contribution in [-0.2, 0) is 4.74 Å². The number of hydrogen-bond donors (Lipinski definition) is 2. The Morgan fingerprint density at radius 3 is 3.29 bits per heavy atom. The van der Waals surface area contributed by atoms with E-state index < -0.39 is 0 Å². The van der Waals surface area contributed by atoms with E-state index in [0.717, 1.165) is 6.54 Å². The fourth-order valence-corrected chi connectivity index (χ4v) is 3.67. The van der Waals surface area contributed by atoms with Crippen LogP contribution in [-0.4, -0.2) is 24.7 Å². The third-order valence-corrected chi connectivity index (χ3v) is 4.45. The first kappa shape index (κ1) is 9.77. The molecular formula is C14H18N2O. The molecule has 0 amide bonds. The molecule has 0 radical (unpaired) electrons. The van der Waals surface area contributed by atoms with Gasteiger partial charge in [-0.3, -0.25) is 0 Å². The summed E-state index contributed by atoms with van der Waals surface area (Å²) in [6, 6.07) is 1.05. The average Bonchev–Trinajstić information content (AvgIpc) is 2.72. The van der Waals surface area contributed by atoms with E-state index in [1.165, 1.54) is 31.3 Å². The average molecular weight is 230 g/mol. The van der Waals surface area contributed by atoms with Gasteiger partial charge in [-0.05, 0) is 36.8 Å². The molecule has 0 bridgehead atoms. The molecule has 0 aromatic carbocycles. The summed E-state index contributed by atoms with van der Waals surface area (Å²) in [5.41, 5.74) is 4.67. The highest BCUT2D eigenvalue weighted by molar-refractivity contribution is 5.49. The molecule has 4 rings (SSSR count). The van der Waals surface area contributed by atoms with Crippen molar-refractivity contribution in [2.75, 3.05) is 6.54 Å². The fourth-order valence-electron chi connectivity index (χ4n) is 3.67. The van der Waals surface area contributed by atoms with Gasteiger partial charge in [0.2, 0.25) is 0 Å². The van der Waals surface area contributed by atoms with Gasteiger partial charge in [-0.25, -0.2) is 0 Å². The van der Waals surface area contributed by atoms with Crippen molar-refractivity contribution >= 4 is 0 Å². The minimum absolute atomic E-state index is 0.232. The lowest BCUT2D eigenvalue weighted by atomic mass is 9.85. The van der Waals surface area contributed by atoms with E-state index in [0.29, 0.717) is 12.1 Å². The second-order valence-corrected chi connectivity index (χ2v) is 5.36. The maximum Gasteiger partial charge on any atom is 0.143 e. The van der Waals surface area contributed by atoms with Crippen LogP contribution >= 0.6 is 0 Å². The Kier molecular flexibility index (Phi) is 2.09. The molecule has 3 heteroatoms. The van der Waals surface area contributed by atoms with Crippen molar-refractivity contribution in [2.45, 2.75) is 43.9 Å². The third kappa shape index (κ3) is 1.38. The molecule has 2 heterocycles. The largest absolute Gasteiger partial charge is 0.490 e. The number of fused-ring (bicyclic) bond motifs is 2. The first-order valence-corrected chi connectivity index (χ1v) is 6.66. The van der Waals surface area contributed by atoms with E-state index in [9.17, 15) is 0 Å². The first-order chi connectivity index (χ1) is 8.43. The zero-order valence-electron chi connectivity index (χ0n) is 9.91. The number of ether oxygens (including phenoxy) is 1. The van der Waals surface area contributed by atoms with Crippen molar-refractivity contribution in [3.63, 3.8) is 0 Å². The molecule has 17 heavy (non-hydrogen) atoms. The van der Waals surface area contributed by atoms with Crippen LogP contribution in [0, 0.1) is 0 Å². The van der Waals surface area contributed by atoms with Gasteiger partial charge >= 0.3 is 0 Å². The normalized spacial score (nSPS) is 38.6. The van der Waals surface area contributed by atoms with E-state index in [-0.39, 0.29) is 6.10 Å². The summed E-state index contributed by atoms with van der Waals surface area (Å²) in [4.78, 5) is 0. The van der Waals surface area contributed by atoms with Crippen molar-refractivity contribution < 1.29 is 4.74 Å². The van der Waals surface area contributed by atoms with Crippen LogP contribution in [0.4, 0.5) is 0 Å². The van der Waals surface area contributed by atoms with Crippen molar-refractivity contribution in [1.29, 1.82) is 0 Å². The van der Waals surface area contributed by atoms with Crippen LogP contribution in [0.1, 0.15) is 25.7 Å². The maximum absolute atomic E-state index is 5.88. The zero-order chi connectivity index (χ0) is 11.2. The summed E-state index contributed by atoms with van der Waals surface area (Å²) in [6.07, 6.45) is 11.2. The van der Waals surface area contributed by atoms with Gasteiger partial charge in [-0.1, -0.05) is 11.6 Å².